The van der Waals surface area contributed by atoms with Crippen LogP contribution in [0.3, 0.4) is 0 Å². The van der Waals surface area contributed by atoms with E-state index in [1.165, 1.54) is 10.4 Å². The van der Waals surface area contributed by atoms with Crippen molar-refractivity contribution in [3.63, 3.8) is 0 Å². The first-order valence-electron chi connectivity index (χ1n) is 10.6. The molecule has 31 heavy (non-hydrogen) atoms. The average Bonchev–Trinajstić information content (AvgIpc) is 3.46. The summed E-state index contributed by atoms with van der Waals surface area (Å²) in [4.78, 5) is 10.6. The van der Waals surface area contributed by atoms with Crippen LogP contribution in [0.2, 0.25) is 0 Å². The number of rotatable bonds is 9. The highest BCUT2D eigenvalue weighted by Crippen LogP contribution is 2.25. The van der Waals surface area contributed by atoms with Gasteiger partial charge in [-0.05, 0) is 34.9 Å². The van der Waals surface area contributed by atoms with Crippen LogP contribution >= 0.6 is 11.3 Å². The molecule has 0 spiro atoms. The molecule has 0 aliphatic carbocycles. The molecule has 0 aliphatic heterocycles. The van der Waals surface area contributed by atoms with Crippen molar-refractivity contribution in [1.82, 2.24) is 19.6 Å². The summed E-state index contributed by atoms with van der Waals surface area (Å²) in [6.45, 7) is 6.91. The zero-order valence-corrected chi connectivity index (χ0v) is 18.9. The molecular formula is C23H28N6OS. The van der Waals surface area contributed by atoms with Gasteiger partial charge in [-0.3, -0.25) is 0 Å². The van der Waals surface area contributed by atoms with Gasteiger partial charge in [-0.25, -0.2) is 0 Å². The Balaban J connectivity index is 1.59. The quantitative estimate of drug-likeness (QED) is 0.350. The predicted molar refractivity (Wildman–Crippen MR) is 127 cm³/mol. The summed E-state index contributed by atoms with van der Waals surface area (Å²) in [6, 6.07) is 12.6. The molecule has 1 unspecified atom stereocenters. The molecular weight excluding hydrogens is 408 g/mol. The third kappa shape index (κ3) is 4.70. The number of hydrogen-bond donors (Lipinski definition) is 3. The summed E-state index contributed by atoms with van der Waals surface area (Å²) in [5.74, 6) is 1.40. The molecule has 162 valence electrons. The van der Waals surface area contributed by atoms with Crippen LogP contribution in [0.5, 0.6) is 0 Å². The molecule has 4 rings (SSSR count). The highest BCUT2D eigenvalue weighted by molar-refractivity contribution is 7.13. The maximum absolute atomic E-state index is 9.57. The number of hydrogen-bond acceptors (Lipinski definition) is 7. The van der Waals surface area contributed by atoms with Crippen LogP contribution in [-0.2, 0) is 6.54 Å². The fourth-order valence-corrected chi connectivity index (χ4v) is 4.08. The van der Waals surface area contributed by atoms with E-state index in [0.29, 0.717) is 18.4 Å². The number of anilines is 2. The first-order chi connectivity index (χ1) is 15.1. The van der Waals surface area contributed by atoms with Crippen LogP contribution in [-0.4, -0.2) is 37.3 Å². The Morgan fingerprint density at radius 1 is 1.13 bits per heavy atom. The number of nitrogens with one attached hydrogen (secondary N) is 2. The second kappa shape index (κ2) is 9.45. The third-order valence-corrected chi connectivity index (χ3v) is 6.19. The van der Waals surface area contributed by atoms with E-state index in [1.54, 1.807) is 15.9 Å². The normalized spacial score (nSPS) is 12.4. The molecule has 7 nitrogen and oxygen atoms in total. The molecule has 0 radical (unpaired) electrons. The van der Waals surface area contributed by atoms with Crippen molar-refractivity contribution in [2.24, 2.45) is 0 Å². The highest BCUT2D eigenvalue weighted by atomic mass is 32.1. The molecule has 1 aromatic carbocycles. The van der Waals surface area contributed by atoms with Crippen LogP contribution < -0.4 is 10.6 Å². The number of nitrogens with zero attached hydrogens (tertiary/aromatic N) is 4. The van der Waals surface area contributed by atoms with Gasteiger partial charge in [0.25, 0.3) is 0 Å². The Kier molecular flexibility index (Phi) is 6.48. The summed E-state index contributed by atoms with van der Waals surface area (Å²) >= 11 is 1.74. The summed E-state index contributed by atoms with van der Waals surface area (Å²) in [6.07, 6.45) is 2.63. The van der Waals surface area contributed by atoms with Crippen molar-refractivity contribution in [1.29, 1.82) is 0 Å². The number of aliphatic hydroxyl groups is 1. The maximum atomic E-state index is 9.57. The number of fused-ring (bicyclic) bond motifs is 1. The lowest BCUT2D eigenvalue weighted by molar-refractivity contribution is 0.271. The van der Waals surface area contributed by atoms with Crippen molar-refractivity contribution in [2.75, 3.05) is 17.2 Å². The summed E-state index contributed by atoms with van der Waals surface area (Å²) in [5.41, 5.74) is 4.21. The van der Waals surface area contributed by atoms with E-state index < -0.39 is 0 Å². The fourth-order valence-electron chi connectivity index (χ4n) is 3.35. The molecule has 3 aromatic heterocycles. The molecule has 3 heterocycles. The van der Waals surface area contributed by atoms with Gasteiger partial charge in [-0.1, -0.05) is 51.1 Å². The SMILES string of the molecule is CCC(CO)Nc1nc(NCc2ccc(-c3cccs3)cc2)n2ncc(C(C)C)c2n1. The van der Waals surface area contributed by atoms with E-state index >= 15 is 0 Å². The number of thiophene rings is 1. The molecule has 4 aromatic rings. The second-order valence-corrected chi connectivity index (χ2v) is 8.77. The Labute approximate surface area is 186 Å². The Hall–Kier alpha value is -2.97. The lowest BCUT2D eigenvalue weighted by atomic mass is 10.1. The van der Waals surface area contributed by atoms with Gasteiger partial charge < -0.3 is 15.7 Å². The van der Waals surface area contributed by atoms with Crippen LogP contribution in [0.15, 0.2) is 48.0 Å². The van der Waals surface area contributed by atoms with Crippen LogP contribution in [0.25, 0.3) is 16.1 Å². The standard InChI is InChI=1S/C23H28N6OS/c1-4-18(14-30)26-22-27-21-19(15(2)3)13-25-29(21)23(28-22)24-12-16-7-9-17(10-8-16)20-6-5-11-31-20/h5-11,13,15,18,30H,4,12,14H2,1-3H3,(H2,24,26,27,28). The fraction of sp³-hybridized carbons (Fsp3) is 0.348. The van der Waals surface area contributed by atoms with E-state index in [9.17, 15) is 5.11 Å². The summed E-state index contributed by atoms with van der Waals surface area (Å²) in [5, 5.41) is 22.8. The summed E-state index contributed by atoms with van der Waals surface area (Å²) < 4.78 is 1.75. The van der Waals surface area contributed by atoms with Crippen LogP contribution in [0.1, 0.15) is 44.2 Å². The molecule has 0 saturated heterocycles. The minimum atomic E-state index is -0.0921. The van der Waals surface area contributed by atoms with Crippen molar-refractivity contribution in [2.45, 2.75) is 45.7 Å². The van der Waals surface area contributed by atoms with Crippen LogP contribution in [0, 0.1) is 0 Å². The van der Waals surface area contributed by atoms with Gasteiger partial charge in [-0.15, -0.1) is 11.3 Å². The summed E-state index contributed by atoms with van der Waals surface area (Å²) in [7, 11) is 0. The monoisotopic (exact) mass is 436 g/mol. The van der Waals surface area contributed by atoms with Gasteiger partial charge in [0.15, 0.2) is 5.65 Å². The lowest BCUT2D eigenvalue weighted by Crippen LogP contribution is -2.24. The molecule has 8 heteroatoms. The number of aliphatic hydroxyl groups excluding tert-OH is 1. The maximum Gasteiger partial charge on any atom is 0.229 e. The minimum Gasteiger partial charge on any atom is -0.394 e. The first kappa shape index (κ1) is 21.3. The molecule has 0 fully saturated rings. The zero-order valence-electron chi connectivity index (χ0n) is 18.0. The van der Waals surface area contributed by atoms with Gasteiger partial charge >= 0.3 is 0 Å². The predicted octanol–water partition coefficient (Wildman–Crippen LogP) is 4.77. The van der Waals surface area contributed by atoms with Crippen molar-refractivity contribution in [3.8, 4) is 10.4 Å². The van der Waals surface area contributed by atoms with Gasteiger partial charge in [-0.2, -0.15) is 19.6 Å². The van der Waals surface area contributed by atoms with E-state index in [4.69, 9.17) is 0 Å². The van der Waals surface area contributed by atoms with E-state index in [2.05, 4.69) is 81.3 Å². The van der Waals surface area contributed by atoms with Crippen molar-refractivity contribution < 1.29 is 5.11 Å². The van der Waals surface area contributed by atoms with Gasteiger partial charge in [0, 0.05) is 17.0 Å². The first-order valence-corrected chi connectivity index (χ1v) is 11.5. The molecule has 3 N–H and O–H groups in total. The molecule has 0 amide bonds. The zero-order chi connectivity index (χ0) is 21.8. The smallest absolute Gasteiger partial charge is 0.229 e. The van der Waals surface area contributed by atoms with Gasteiger partial charge in [0.05, 0.1) is 18.8 Å². The average molecular weight is 437 g/mol. The molecule has 0 bridgehead atoms. The van der Waals surface area contributed by atoms with Crippen LogP contribution in [0.4, 0.5) is 11.9 Å². The number of benzene rings is 1. The largest absolute Gasteiger partial charge is 0.394 e. The molecule has 1 atom stereocenters. The van der Waals surface area contributed by atoms with Crippen molar-refractivity contribution in [3.05, 3.63) is 59.1 Å². The minimum absolute atomic E-state index is 0.0285. The van der Waals surface area contributed by atoms with Crippen molar-refractivity contribution >= 4 is 28.9 Å². The lowest BCUT2D eigenvalue weighted by Gasteiger charge is -2.16. The second-order valence-electron chi connectivity index (χ2n) is 7.82. The third-order valence-electron chi connectivity index (χ3n) is 5.27. The molecule has 0 aliphatic rings. The van der Waals surface area contributed by atoms with E-state index in [-0.39, 0.29) is 18.6 Å². The van der Waals surface area contributed by atoms with E-state index in [1.807, 2.05) is 13.1 Å². The van der Waals surface area contributed by atoms with Gasteiger partial charge in [0.2, 0.25) is 11.9 Å². The van der Waals surface area contributed by atoms with Gasteiger partial charge in [0.1, 0.15) is 0 Å². The highest BCUT2D eigenvalue weighted by Gasteiger charge is 2.16. The Morgan fingerprint density at radius 2 is 1.94 bits per heavy atom. The van der Waals surface area contributed by atoms with E-state index in [0.717, 1.165) is 23.2 Å². The molecule has 0 saturated carbocycles. The number of aromatic nitrogens is 4. The Bertz CT molecular complexity index is 1120. The Morgan fingerprint density at radius 3 is 2.58 bits per heavy atom. The topological polar surface area (TPSA) is 87.4 Å².